The summed E-state index contributed by atoms with van der Waals surface area (Å²) in [6, 6.07) is 5.29. The lowest BCUT2D eigenvalue weighted by molar-refractivity contribution is -0.385. The molecular weight excluding hydrogens is 258 g/mol. The summed E-state index contributed by atoms with van der Waals surface area (Å²) >= 11 is 0. The molecule has 2 atom stereocenters. The van der Waals surface area contributed by atoms with Gasteiger partial charge in [0.15, 0.2) is 5.75 Å². The number of methoxy groups -OCH3 is 1. The highest BCUT2D eigenvalue weighted by atomic mass is 16.6. The van der Waals surface area contributed by atoms with Gasteiger partial charge in [0, 0.05) is 19.1 Å². The molecule has 0 bridgehead atoms. The first-order chi connectivity index (χ1) is 9.54. The van der Waals surface area contributed by atoms with Crippen molar-refractivity contribution in [1.82, 2.24) is 0 Å². The Bertz CT molecular complexity index is 491. The van der Waals surface area contributed by atoms with E-state index in [0.29, 0.717) is 17.4 Å². The highest BCUT2D eigenvalue weighted by molar-refractivity contribution is 5.70. The van der Waals surface area contributed by atoms with Gasteiger partial charge < -0.3 is 15.4 Å². The van der Waals surface area contributed by atoms with Crippen molar-refractivity contribution in [3.8, 4) is 5.75 Å². The van der Waals surface area contributed by atoms with Gasteiger partial charge >= 0.3 is 5.69 Å². The Labute approximate surface area is 118 Å². The zero-order chi connectivity index (χ0) is 14.7. The summed E-state index contributed by atoms with van der Waals surface area (Å²) in [6.45, 7) is 3.57. The molecule has 1 heterocycles. The van der Waals surface area contributed by atoms with Gasteiger partial charge in [-0.2, -0.15) is 0 Å². The van der Waals surface area contributed by atoms with Crippen molar-refractivity contribution >= 4 is 11.4 Å². The molecule has 1 saturated heterocycles. The van der Waals surface area contributed by atoms with E-state index in [2.05, 4.69) is 4.90 Å². The largest absolute Gasteiger partial charge is 0.490 e. The maximum absolute atomic E-state index is 11.3. The van der Waals surface area contributed by atoms with Crippen LogP contribution in [-0.4, -0.2) is 31.2 Å². The zero-order valence-electron chi connectivity index (χ0n) is 11.9. The number of nitrogens with zero attached hydrogens (tertiary/aromatic N) is 2. The molecule has 0 aromatic heterocycles. The molecule has 0 aliphatic carbocycles. The summed E-state index contributed by atoms with van der Waals surface area (Å²) in [6.07, 6.45) is 2.08. The van der Waals surface area contributed by atoms with E-state index in [4.69, 9.17) is 10.5 Å². The third-order valence-corrected chi connectivity index (χ3v) is 3.92. The molecule has 2 rings (SSSR count). The molecule has 1 aliphatic heterocycles. The molecule has 1 aromatic rings. The van der Waals surface area contributed by atoms with Crippen LogP contribution in [0.15, 0.2) is 18.2 Å². The summed E-state index contributed by atoms with van der Waals surface area (Å²) in [5, 5.41) is 11.3. The van der Waals surface area contributed by atoms with Crippen LogP contribution in [0.3, 0.4) is 0 Å². The highest BCUT2D eigenvalue weighted by Gasteiger charge is 2.29. The van der Waals surface area contributed by atoms with E-state index in [9.17, 15) is 10.1 Å². The lowest BCUT2D eigenvalue weighted by atomic mass is 9.92. The van der Waals surface area contributed by atoms with Crippen molar-refractivity contribution in [2.24, 2.45) is 11.7 Å². The molecule has 0 saturated carbocycles. The van der Waals surface area contributed by atoms with Gasteiger partial charge in [0.2, 0.25) is 0 Å². The van der Waals surface area contributed by atoms with E-state index in [1.807, 2.05) is 6.92 Å². The molecule has 110 valence electrons. The standard InChI is InChI=1S/C14H21N3O3/c1-10(15)11-5-4-8-16(9-11)12-6-3-7-13(20-2)14(12)17(18)19/h3,6-7,10-11H,4-5,8-9,15H2,1-2H3. The smallest absolute Gasteiger partial charge is 0.333 e. The van der Waals surface area contributed by atoms with E-state index in [-0.39, 0.29) is 16.7 Å². The second-order valence-corrected chi connectivity index (χ2v) is 5.29. The van der Waals surface area contributed by atoms with Crippen molar-refractivity contribution in [3.05, 3.63) is 28.3 Å². The molecule has 2 unspecified atom stereocenters. The molecule has 1 fully saturated rings. The number of hydrogen-bond acceptors (Lipinski definition) is 5. The first kappa shape index (κ1) is 14.6. The monoisotopic (exact) mass is 279 g/mol. The summed E-state index contributed by atoms with van der Waals surface area (Å²) < 4.78 is 5.12. The Hall–Kier alpha value is -1.82. The number of nitro groups is 1. The topological polar surface area (TPSA) is 81.6 Å². The fourth-order valence-electron chi connectivity index (χ4n) is 2.77. The maximum atomic E-state index is 11.3. The quantitative estimate of drug-likeness (QED) is 0.674. The summed E-state index contributed by atoms with van der Waals surface area (Å²) in [5.41, 5.74) is 6.64. The highest BCUT2D eigenvalue weighted by Crippen LogP contribution is 2.38. The van der Waals surface area contributed by atoms with Crippen molar-refractivity contribution in [2.75, 3.05) is 25.1 Å². The third-order valence-electron chi connectivity index (χ3n) is 3.92. The Kier molecular flexibility index (Phi) is 4.44. The summed E-state index contributed by atoms with van der Waals surface area (Å²) in [7, 11) is 1.45. The minimum atomic E-state index is -0.371. The molecule has 1 aliphatic rings. The molecular formula is C14H21N3O3. The minimum Gasteiger partial charge on any atom is -0.490 e. The summed E-state index contributed by atoms with van der Waals surface area (Å²) in [4.78, 5) is 13.0. The maximum Gasteiger partial charge on any atom is 0.333 e. The Morgan fingerprint density at radius 2 is 2.30 bits per heavy atom. The lowest BCUT2D eigenvalue weighted by Crippen LogP contribution is -2.42. The number of nitrogens with two attached hydrogens (primary N) is 1. The fraction of sp³-hybridized carbons (Fsp3) is 0.571. The lowest BCUT2D eigenvalue weighted by Gasteiger charge is -2.35. The van der Waals surface area contributed by atoms with Crippen LogP contribution < -0.4 is 15.4 Å². The van der Waals surface area contributed by atoms with Crippen molar-refractivity contribution < 1.29 is 9.66 Å². The second kappa shape index (κ2) is 6.09. The van der Waals surface area contributed by atoms with Gasteiger partial charge in [-0.1, -0.05) is 6.07 Å². The predicted octanol–water partition coefficient (Wildman–Crippen LogP) is 2.17. The molecule has 6 heteroatoms. The molecule has 6 nitrogen and oxygen atoms in total. The average molecular weight is 279 g/mol. The zero-order valence-corrected chi connectivity index (χ0v) is 11.9. The number of ether oxygens (including phenoxy) is 1. The average Bonchev–Trinajstić information content (AvgIpc) is 2.46. The van der Waals surface area contributed by atoms with Crippen molar-refractivity contribution in [3.63, 3.8) is 0 Å². The molecule has 20 heavy (non-hydrogen) atoms. The van der Waals surface area contributed by atoms with E-state index < -0.39 is 0 Å². The SMILES string of the molecule is COc1cccc(N2CCCC(C(C)N)C2)c1[N+](=O)[O-]. The van der Waals surface area contributed by atoms with Gasteiger partial charge in [0.1, 0.15) is 5.69 Å². The summed E-state index contributed by atoms with van der Waals surface area (Å²) in [5.74, 6) is 0.671. The Balaban J connectivity index is 2.34. The van der Waals surface area contributed by atoms with Crippen LogP contribution in [0.4, 0.5) is 11.4 Å². The van der Waals surface area contributed by atoms with Crippen LogP contribution >= 0.6 is 0 Å². The Morgan fingerprint density at radius 3 is 2.90 bits per heavy atom. The number of rotatable bonds is 4. The van der Waals surface area contributed by atoms with Gasteiger partial charge in [-0.05, 0) is 37.8 Å². The third kappa shape index (κ3) is 2.85. The molecule has 2 N–H and O–H groups in total. The number of nitro benzene ring substituents is 1. The van der Waals surface area contributed by atoms with Gasteiger partial charge in [-0.25, -0.2) is 0 Å². The molecule has 1 aromatic carbocycles. The van der Waals surface area contributed by atoms with Crippen molar-refractivity contribution in [2.45, 2.75) is 25.8 Å². The van der Waals surface area contributed by atoms with Gasteiger partial charge in [0.25, 0.3) is 0 Å². The van der Waals surface area contributed by atoms with Crippen molar-refractivity contribution in [1.29, 1.82) is 0 Å². The number of hydrogen-bond donors (Lipinski definition) is 1. The van der Waals surface area contributed by atoms with Gasteiger partial charge in [-0.15, -0.1) is 0 Å². The first-order valence-electron chi connectivity index (χ1n) is 6.86. The first-order valence-corrected chi connectivity index (χ1v) is 6.86. The number of para-hydroxylation sites is 1. The molecule has 0 spiro atoms. The second-order valence-electron chi connectivity index (χ2n) is 5.29. The van der Waals surface area contributed by atoms with Gasteiger partial charge in [-0.3, -0.25) is 10.1 Å². The molecule has 0 radical (unpaired) electrons. The van der Waals surface area contributed by atoms with Crippen LogP contribution in [0.5, 0.6) is 5.75 Å². The van der Waals surface area contributed by atoms with E-state index in [0.717, 1.165) is 25.9 Å². The van der Waals surface area contributed by atoms with E-state index in [1.54, 1.807) is 18.2 Å². The Morgan fingerprint density at radius 1 is 1.55 bits per heavy atom. The van der Waals surface area contributed by atoms with Crippen LogP contribution in [0, 0.1) is 16.0 Å². The van der Waals surface area contributed by atoms with Crippen LogP contribution in [0.2, 0.25) is 0 Å². The normalized spacial score (nSPS) is 20.6. The van der Waals surface area contributed by atoms with Crippen LogP contribution in [0.25, 0.3) is 0 Å². The fourth-order valence-corrected chi connectivity index (χ4v) is 2.77. The van der Waals surface area contributed by atoms with Crippen LogP contribution in [0.1, 0.15) is 19.8 Å². The molecule has 0 amide bonds. The minimum absolute atomic E-state index is 0.0420. The predicted molar refractivity (Wildman–Crippen MR) is 78.2 cm³/mol. The number of piperidine rings is 1. The van der Waals surface area contributed by atoms with Gasteiger partial charge in [0.05, 0.1) is 12.0 Å². The van der Waals surface area contributed by atoms with E-state index in [1.165, 1.54) is 7.11 Å². The van der Waals surface area contributed by atoms with E-state index >= 15 is 0 Å². The number of anilines is 1. The number of benzene rings is 1. The van der Waals surface area contributed by atoms with Crippen LogP contribution in [-0.2, 0) is 0 Å².